The Morgan fingerprint density at radius 3 is 3.12 bits per heavy atom. The summed E-state index contributed by atoms with van der Waals surface area (Å²) in [6.07, 6.45) is 3.75. The summed E-state index contributed by atoms with van der Waals surface area (Å²) in [5.74, 6) is 1.20. The molecule has 88 valence electrons. The van der Waals surface area contributed by atoms with E-state index in [1.54, 1.807) is 0 Å². The van der Waals surface area contributed by atoms with E-state index in [2.05, 4.69) is 17.2 Å². The minimum Gasteiger partial charge on any atom is -0.360 e. The first-order valence-electron chi connectivity index (χ1n) is 5.07. The van der Waals surface area contributed by atoms with E-state index >= 15 is 0 Å². The van der Waals surface area contributed by atoms with Gasteiger partial charge in [-0.2, -0.15) is 11.8 Å². The highest BCUT2D eigenvalue weighted by Gasteiger charge is 2.29. The molecule has 0 saturated carbocycles. The van der Waals surface area contributed by atoms with Crippen molar-refractivity contribution in [2.75, 3.05) is 17.6 Å². The third-order valence-corrected chi connectivity index (χ3v) is 5.03. The van der Waals surface area contributed by atoms with Crippen molar-refractivity contribution in [2.24, 2.45) is 0 Å². The molecule has 16 heavy (non-hydrogen) atoms. The second-order valence-electron chi connectivity index (χ2n) is 4.02. The molecule has 5 nitrogen and oxygen atoms in total. The minimum atomic E-state index is -0.408. The van der Waals surface area contributed by atoms with Crippen molar-refractivity contribution in [2.45, 2.75) is 24.5 Å². The lowest BCUT2D eigenvalue weighted by Crippen LogP contribution is -2.26. The number of thioether (sulfide) groups is 1. The second-order valence-corrected chi connectivity index (χ2v) is 6.71. The summed E-state index contributed by atoms with van der Waals surface area (Å²) >= 11 is 3.05. The monoisotopic (exact) mass is 259 g/mol. The third kappa shape index (κ3) is 2.65. The lowest BCUT2D eigenvalue weighted by molar-refractivity contribution is -0.380. The van der Waals surface area contributed by atoms with Crippen LogP contribution in [0.1, 0.15) is 19.8 Å². The predicted octanol–water partition coefficient (Wildman–Crippen LogP) is 2.75. The summed E-state index contributed by atoms with van der Waals surface area (Å²) in [4.78, 5) is 14.1. The first kappa shape index (κ1) is 11.7. The van der Waals surface area contributed by atoms with E-state index in [0.717, 1.165) is 17.9 Å². The van der Waals surface area contributed by atoms with E-state index in [-0.39, 0.29) is 9.75 Å². The molecular formula is C9H13N3O2S2. The molecule has 7 heteroatoms. The number of nitrogens with one attached hydrogen (secondary N) is 1. The zero-order valence-electron chi connectivity index (χ0n) is 8.93. The second kappa shape index (κ2) is 4.58. The standard InChI is InChI=1S/C9H13N3O2S2/c1-9(3-2-4-15-9)6-11-8-10-5-7(16-8)12(13)14/h5H,2-4,6H2,1H3,(H,10,11). The van der Waals surface area contributed by atoms with Crippen LogP contribution in [0.15, 0.2) is 6.20 Å². The predicted molar refractivity (Wildman–Crippen MR) is 67.4 cm³/mol. The lowest BCUT2D eigenvalue weighted by atomic mass is 10.1. The highest BCUT2D eigenvalue weighted by Crippen LogP contribution is 2.38. The largest absolute Gasteiger partial charge is 0.360 e. The van der Waals surface area contributed by atoms with Crippen molar-refractivity contribution in [3.63, 3.8) is 0 Å². The van der Waals surface area contributed by atoms with Crippen molar-refractivity contribution in [1.82, 2.24) is 4.98 Å². The fourth-order valence-electron chi connectivity index (χ4n) is 1.67. The normalized spacial score (nSPS) is 24.6. The number of hydrogen-bond acceptors (Lipinski definition) is 6. The molecule has 0 spiro atoms. The van der Waals surface area contributed by atoms with Gasteiger partial charge in [-0.05, 0) is 36.9 Å². The highest BCUT2D eigenvalue weighted by molar-refractivity contribution is 8.00. The number of hydrogen-bond donors (Lipinski definition) is 1. The Morgan fingerprint density at radius 1 is 1.75 bits per heavy atom. The Hall–Kier alpha value is -0.820. The van der Waals surface area contributed by atoms with E-state index in [0.29, 0.717) is 5.13 Å². The van der Waals surface area contributed by atoms with Crippen LogP contribution in [0.2, 0.25) is 0 Å². The van der Waals surface area contributed by atoms with Crippen LogP contribution >= 0.6 is 23.1 Å². The van der Waals surface area contributed by atoms with Crippen LogP contribution in [0.25, 0.3) is 0 Å². The molecular weight excluding hydrogens is 246 g/mol. The Balaban J connectivity index is 1.91. The highest BCUT2D eigenvalue weighted by atomic mass is 32.2. The van der Waals surface area contributed by atoms with Crippen molar-refractivity contribution < 1.29 is 4.92 Å². The van der Waals surface area contributed by atoms with Gasteiger partial charge in [0.15, 0.2) is 5.13 Å². The van der Waals surface area contributed by atoms with Crippen molar-refractivity contribution in [3.05, 3.63) is 16.3 Å². The maximum atomic E-state index is 10.5. The summed E-state index contributed by atoms with van der Waals surface area (Å²) in [6.45, 7) is 3.04. The quantitative estimate of drug-likeness (QED) is 0.665. The van der Waals surface area contributed by atoms with Crippen LogP contribution in [0.5, 0.6) is 0 Å². The Bertz CT molecular complexity index is 388. The molecule has 0 aliphatic carbocycles. The van der Waals surface area contributed by atoms with Gasteiger partial charge in [-0.1, -0.05) is 0 Å². The first-order chi connectivity index (χ1) is 7.59. The van der Waals surface area contributed by atoms with Gasteiger partial charge in [-0.3, -0.25) is 10.1 Å². The number of anilines is 1. The van der Waals surface area contributed by atoms with Crippen LogP contribution in [-0.2, 0) is 0 Å². The maximum absolute atomic E-state index is 10.5. The van der Waals surface area contributed by atoms with Gasteiger partial charge in [0, 0.05) is 11.3 Å². The number of nitro groups is 1. The number of nitrogens with zero attached hydrogens (tertiary/aromatic N) is 2. The summed E-state index contributed by atoms with van der Waals surface area (Å²) in [6, 6.07) is 0. The summed E-state index contributed by atoms with van der Waals surface area (Å²) in [5.41, 5.74) is 0. The van der Waals surface area contributed by atoms with E-state index in [1.807, 2.05) is 11.8 Å². The molecule has 0 radical (unpaired) electrons. The maximum Gasteiger partial charge on any atom is 0.345 e. The van der Waals surface area contributed by atoms with E-state index in [1.165, 1.54) is 24.8 Å². The topological polar surface area (TPSA) is 68.1 Å². The van der Waals surface area contributed by atoms with Crippen molar-refractivity contribution in [1.29, 1.82) is 0 Å². The molecule has 1 aliphatic heterocycles. The molecule has 1 aliphatic rings. The van der Waals surface area contributed by atoms with Crippen molar-refractivity contribution >= 4 is 33.2 Å². The summed E-state index contributed by atoms with van der Waals surface area (Å²) in [7, 11) is 0. The van der Waals surface area contributed by atoms with Gasteiger partial charge in [-0.15, -0.1) is 0 Å². The van der Waals surface area contributed by atoms with Crippen LogP contribution in [0, 0.1) is 10.1 Å². The van der Waals surface area contributed by atoms with E-state index < -0.39 is 4.92 Å². The fraction of sp³-hybridized carbons (Fsp3) is 0.667. The zero-order valence-corrected chi connectivity index (χ0v) is 10.6. The SMILES string of the molecule is CC1(CNc2ncc([N+](=O)[O-])s2)CCCS1. The molecule has 1 fully saturated rings. The average Bonchev–Trinajstić information content (AvgIpc) is 2.84. The molecule has 1 N–H and O–H groups in total. The smallest absolute Gasteiger partial charge is 0.345 e. The van der Waals surface area contributed by atoms with Gasteiger partial charge in [0.2, 0.25) is 0 Å². The van der Waals surface area contributed by atoms with E-state index in [4.69, 9.17) is 0 Å². The molecule has 2 heterocycles. The van der Waals surface area contributed by atoms with Crippen molar-refractivity contribution in [3.8, 4) is 0 Å². The lowest BCUT2D eigenvalue weighted by Gasteiger charge is -2.22. The molecule has 0 aromatic carbocycles. The van der Waals surface area contributed by atoms with Gasteiger partial charge in [0.1, 0.15) is 6.20 Å². The fourth-order valence-corrected chi connectivity index (χ4v) is 3.54. The molecule has 1 atom stereocenters. The Kier molecular flexibility index (Phi) is 3.34. The van der Waals surface area contributed by atoms with Gasteiger partial charge >= 0.3 is 5.00 Å². The molecule has 1 aromatic rings. The minimum absolute atomic E-state index is 0.0896. The van der Waals surface area contributed by atoms with Gasteiger partial charge in [0.25, 0.3) is 0 Å². The molecule has 1 unspecified atom stereocenters. The van der Waals surface area contributed by atoms with E-state index in [9.17, 15) is 10.1 Å². The number of aromatic nitrogens is 1. The number of thiazole rings is 1. The summed E-state index contributed by atoms with van der Waals surface area (Å²) in [5, 5.41) is 14.4. The molecule has 1 aromatic heterocycles. The number of rotatable bonds is 4. The van der Waals surface area contributed by atoms with Gasteiger partial charge < -0.3 is 5.32 Å². The first-order valence-corrected chi connectivity index (χ1v) is 6.87. The van der Waals surface area contributed by atoms with Crippen LogP contribution in [-0.4, -0.2) is 27.0 Å². The van der Waals surface area contributed by atoms with Gasteiger partial charge in [-0.25, -0.2) is 4.98 Å². The molecule has 0 amide bonds. The van der Waals surface area contributed by atoms with Crippen LogP contribution in [0.4, 0.5) is 10.1 Å². The van der Waals surface area contributed by atoms with Crippen LogP contribution < -0.4 is 5.32 Å². The third-order valence-electron chi connectivity index (χ3n) is 2.59. The zero-order chi connectivity index (χ0) is 11.6. The van der Waals surface area contributed by atoms with Crippen LogP contribution in [0.3, 0.4) is 0 Å². The Labute approximate surface area is 102 Å². The molecule has 2 rings (SSSR count). The van der Waals surface area contributed by atoms with Gasteiger partial charge in [0.05, 0.1) is 4.92 Å². The molecule has 0 bridgehead atoms. The molecule has 1 saturated heterocycles. The average molecular weight is 259 g/mol. The summed E-state index contributed by atoms with van der Waals surface area (Å²) < 4.78 is 0.250. The Morgan fingerprint density at radius 2 is 2.56 bits per heavy atom.